The van der Waals surface area contributed by atoms with Crippen molar-refractivity contribution >= 4 is 17.5 Å². The molecular weight excluding hydrogens is 326 g/mol. The smallest absolute Gasteiger partial charge is 0.253 e. The van der Waals surface area contributed by atoms with E-state index in [2.05, 4.69) is 10.3 Å². The number of pyridine rings is 1. The van der Waals surface area contributed by atoms with Crippen LogP contribution in [-0.2, 0) is 0 Å². The molecule has 126 valence electrons. The summed E-state index contributed by atoms with van der Waals surface area (Å²) in [7, 11) is 1.94. The summed E-state index contributed by atoms with van der Waals surface area (Å²) in [4.78, 5) is 18.4. The van der Waals surface area contributed by atoms with Gasteiger partial charge in [-0.15, -0.1) is 0 Å². The van der Waals surface area contributed by atoms with E-state index in [-0.39, 0.29) is 5.91 Å². The van der Waals surface area contributed by atoms with E-state index in [9.17, 15) is 4.79 Å². The molecule has 0 radical (unpaired) electrons. The van der Waals surface area contributed by atoms with Crippen LogP contribution in [0.25, 0.3) is 0 Å². The lowest BCUT2D eigenvalue weighted by atomic mass is 10.1. The van der Waals surface area contributed by atoms with Crippen molar-refractivity contribution in [1.29, 1.82) is 0 Å². The number of amides is 1. The van der Waals surface area contributed by atoms with Crippen molar-refractivity contribution in [2.45, 2.75) is 6.42 Å². The average molecular weight is 346 g/mol. The van der Waals surface area contributed by atoms with Gasteiger partial charge in [0.1, 0.15) is 11.5 Å². The van der Waals surface area contributed by atoms with E-state index < -0.39 is 0 Å². The van der Waals surface area contributed by atoms with E-state index in [0.717, 1.165) is 26.1 Å². The molecule has 1 aromatic carbocycles. The Bertz CT molecular complexity index is 709. The molecule has 1 amide bonds. The van der Waals surface area contributed by atoms with Gasteiger partial charge in [0.05, 0.1) is 5.02 Å². The van der Waals surface area contributed by atoms with Crippen LogP contribution in [-0.4, -0.2) is 42.5 Å². The summed E-state index contributed by atoms with van der Waals surface area (Å²) in [6.45, 7) is 2.51. The van der Waals surface area contributed by atoms with Crippen molar-refractivity contribution in [3.05, 3.63) is 53.3 Å². The van der Waals surface area contributed by atoms with Crippen LogP contribution in [0.4, 0.5) is 0 Å². The molecule has 2 heterocycles. The van der Waals surface area contributed by atoms with Crippen LogP contribution in [0, 0.1) is 5.92 Å². The van der Waals surface area contributed by atoms with Gasteiger partial charge in [-0.05, 0) is 56.3 Å². The molecule has 0 saturated carbocycles. The second-order valence-electron chi connectivity index (χ2n) is 5.89. The second-order valence-corrected chi connectivity index (χ2v) is 6.30. The maximum absolute atomic E-state index is 12.6. The number of aromatic nitrogens is 1. The Morgan fingerprint density at radius 2 is 2.17 bits per heavy atom. The fourth-order valence-electron chi connectivity index (χ4n) is 2.90. The summed E-state index contributed by atoms with van der Waals surface area (Å²) in [6, 6.07) is 8.67. The van der Waals surface area contributed by atoms with Gasteiger partial charge >= 0.3 is 0 Å². The zero-order chi connectivity index (χ0) is 16.9. The number of hydrogen-bond donors (Lipinski definition) is 1. The standard InChI is InChI=1S/C18H20ClN3O2/c1-20-11-13-6-9-22(12-13)18(23)14-2-3-17(16(19)10-14)24-15-4-7-21-8-5-15/h2-5,7-8,10,13,20H,6,9,11-12H2,1H3. The van der Waals surface area contributed by atoms with Gasteiger partial charge in [-0.1, -0.05) is 11.6 Å². The van der Waals surface area contributed by atoms with Gasteiger partial charge in [0.15, 0.2) is 0 Å². The molecule has 1 aliphatic heterocycles. The highest BCUT2D eigenvalue weighted by molar-refractivity contribution is 6.32. The predicted octanol–water partition coefficient (Wildman–Crippen LogP) is 3.21. The van der Waals surface area contributed by atoms with Crippen LogP contribution >= 0.6 is 11.6 Å². The highest BCUT2D eigenvalue weighted by atomic mass is 35.5. The summed E-state index contributed by atoms with van der Waals surface area (Å²) < 4.78 is 5.71. The Labute approximate surface area is 146 Å². The third kappa shape index (κ3) is 3.86. The summed E-state index contributed by atoms with van der Waals surface area (Å²) in [5.41, 5.74) is 0.590. The predicted molar refractivity (Wildman–Crippen MR) is 93.7 cm³/mol. The summed E-state index contributed by atoms with van der Waals surface area (Å²) >= 11 is 6.29. The molecule has 0 aliphatic carbocycles. The summed E-state index contributed by atoms with van der Waals surface area (Å²) in [6.07, 6.45) is 4.33. The lowest BCUT2D eigenvalue weighted by Crippen LogP contribution is -2.30. The summed E-state index contributed by atoms with van der Waals surface area (Å²) in [5, 5.41) is 3.59. The van der Waals surface area contributed by atoms with Crippen LogP contribution in [0.15, 0.2) is 42.7 Å². The first kappa shape index (κ1) is 16.7. The molecule has 1 fully saturated rings. The fourth-order valence-corrected chi connectivity index (χ4v) is 3.12. The highest BCUT2D eigenvalue weighted by Crippen LogP contribution is 2.30. The molecule has 2 aromatic rings. The molecule has 0 spiro atoms. The number of carbonyl (C=O) groups excluding carboxylic acids is 1. The SMILES string of the molecule is CNCC1CCN(C(=O)c2ccc(Oc3ccncc3)c(Cl)c2)C1. The first-order valence-electron chi connectivity index (χ1n) is 7.98. The van der Waals surface area contributed by atoms with Crippen molar-refractivity contribution in [3.8, 4) is 11.5 Å². The first-order chi connectivity index (χ1) is 11.7. The third-order valence-electron chi connectivity index (χ3n) is 4.12. The normalized spacial score (nSPS) is 17.1. The summed E-state index contributed by atoms with van der Waals surface area (Å²) in [5.74, 6) is 1.71. The maximum atomic E-state index is 12.6. The van der Waals surface area contributed by atoms with Crippen molar-refractivity contribution < 1.29 is 9.53 Å². The average Bonchev–Trinajstić information content (AvgIpc) is 3.06. The Morgan fingerprint density at radius 3 is 2.88 bits per heavy atom. The van der Waals surface area contributed by atoms with Crippen molar-refractivity contribution in [1.82, 2.24) is 15.2 Å². The molecule has 3 rings (SSSR count). The first-order valence-corrected chi connectivity index (χ1v) is 8.36. The molecule has 1 aliphatic rings. The van der Waals surface area contributed by atoms with E-state index in [1.165, 1.54) is 0 Å². The number of hydrogen-bond acceptors (Lipinski definition) is 4. The topological polar surface area (TPSA) is 54.5 Å². The van der Waals surface area contributed by atoms with Gasteiger partial charge in [0, 0.05) is 31.0 Å². The van der Waals surface area contributed by atoms with Gasteiger partial charge in [-0.2, -0.15) is 0 Å². The molecule has 1 saturated heterocycles. The van der Waals surface area contributed by atoms with Gasteiger partial charge in [-0.3, -0.25) is 9.78 Å². The number of benzene rings is 1. The number of likely N-dealkylation sites (tertiary alicyclic amines) is 1. The van der Waals surface area contributed by atoms with E-state index in [1.54, 1.807) is 42.7 Å². The number of carbonyl (C=O) groups is 1. The van der Waals surface area contributed by atoms with E-state index in [1.807, 2.05) is 11.9 Å². The quantitative estimate of drug-likeness (QED) is 0.904. The number of ether oxygens (including phenoxy) is 1. The number of nitrogens with one attached hydrogen (secondary N) is 1. The molecule has 5 nitrogen and oxygen atoms in total. The monoisotopic (exact) mass is 345 g/mol. The van der Waals surface area contributed by atoms with E-state index in [0.29, 0.717) is 28.0 Å². The minimum atomic E-state index is 0.0194. The van der Waals surface area contributed by atoms with Crippen molar-refractivity contribution in [2.75, 3.05) is 26.7 Å². The molecule has 1 aromatic heterocycles. The maximum Gasteiger partial charge on any atom is 0.253 e. The highest BCUT2D eigenvalue weighted by Gasteiger charge is 2.26. The molecule has 1 atom stereocenters. The Hall–Kier alpha value is -2.11. The van der Waals surface area contributed by atoms with Gasteiger partial charge in [0.25, 0.3) is 5.91 Å². The Balaban J connectivity index is 1.69. The minimum Gasteiger partial charge on any atom is -0.456 e. The molecule has 1 unspecified atom stereocenters. The number of nitrogens with zero attached hydrogens (tertiary/aromatic N) is 2. The zero-order valence-corrected chi connectivity index (χ0v) is 14.3. The zero-order valence-electron chi connectivity index (χ0n) is 13.5. The molecule has 6 heteroatoms. The van der Waals surface area contributed by atoms with Gasteiger partial charge in [0.2, 0.25) is 0 Å². The number of halogens is 1. The Morgan fingerprint density at radius 1 is 1.38 bits per heavy atom. The Kier molecular flexibility index (Phi) is 5.33. The van der Waals surface area contributed by atoms with Crippen LogP contribution in [0.2, 0.25) is 5.02 Å². The van der Waals surface area contributed by atoms with E-state index >= 15 is 0 Å². The molecular formula is C18H20ClN3O2. The van der Waals surface area contributed by atoms with Crippen LogP contribution < -0.4 is 10.1 Å². The minimum absolute atomic E-state index is 0.0194. The lowest BCUT2D eigenvalue weighted by molar-refractivity contribution is 0.0787. The van der Waals surface area contributed by atoms with Crippen LogP contribution in [0.3, 0.4) is 0 Å². The van der Waals surface area contributed by atoms with E-state index in [4.69, 9.17) is 16.3 Å². The van der Waals surface area contributed by atoms with Crippen molar-refractivity contribution in [3.63, 3.8) is 0 Å². The second kappa shape index (κ2) is 7.64. The largest absolute Gasteiger partial charge is 0.456 e. The van der Waals surface area contributed by atoms with Gasteiger partial charge in [-0.25, -0.2) is 0 Å². The fraction of sp³-hybridized carbons (Fsp3) is 0.333. The lowest BCUT2D eigenvalue weighted by Gasteiger charge is -2.17. The third-order valence-corrected chi connectivity index (χ3v) is 4.42. The van der Waals surface area contributed by atoms with Crippen molar-refractivity contribution in [2.24, 2.45) is 5.92 Å². The van der Waals surface area contributed by atoms with Gasteiger partial charge < -0.3 is 15.0 Å². The molecule has 1 N–H and O–H groups in total. The molecule has 0 bridgehead atoms. The van der Waals surface area contributed by atoms with Crippen LogP contribution in [0.5, 0.6) is 11.5 Å². The van der Waals surface area contributed by atoms with Crippen LogP contribution in [0.1, 0.15) is 16.8 Å². The number of rotatable bonds is 5. The molecule has 24 heavy (non-hydrogen) atoms.